The number of aromatic hydroxyl groups is 1. The SMILES string of the molecule is O=C1c2c(cc(O)c(Cl)c2Cl)[C@@H]2CCCC[C@@H]12. The molecule has 2 nitrogen and oxygen atoms in total. The fraction of sp³-hybridized carbons (Fsp3) is 0.462. The number of carbonyl (C=O) groups excluding carboxylic acids is 1. The third kappa shape index (κ3) is 1.50. The first-order valence-corrected chi connectivity index (χ1v) is 6.62. The molecule has 0 heterocycles. The smallest absolute Gasteiger partial charge is 0.168 e. The molecule has 2 atom stereocenters. The van der Waals surface area contributed by atoms with Crippen LogP contribution in [0.4, 0.5) is 0 Å². The molecule has 0 unspecified atom stereocenters. The fourth-order valence-corrected chi connectivity index (χ4v) is 3.63. The normalized spacial score (nSPS) is 26.8. The summed E-state index contributed by atoms with van der Waals surface area (Å²) in [4.78, 5) is 12.3. The maximum absolute atomic E-state index is 12.3. The van der Waals surface area contributed by atoms with Gasteiger partial charge in [0.05, 0.1) is 5.02 Å². The topological polar surface area (TPSA) is 37.3 Å². The van der Waals surface area contributed by atoms with Crippen LogP contribution in [0.1, 0.15) is 47.5 Å². The molecule has 0 radical (unpaired) electrons. The first-order valence-electron chi connectivity index (χ1n) is 5.86. The van der Waals surface area contributed by atoms with Crippen molar-refractivity contribution in [2.45, 2.75) is 31.6 Å². The van der Waals surface area contributed by atoms with Crippen molar-refractivity contribution in [1.82, 2.24) is 0 Å². The molecule has 0 saturated heterocycles. The number of ketones is 1. The molecule has 0 spiro atoms. The Morgan fingerprint density at radius 3 is 2.47 bits per heavy atom. The minimum Gasteiger partial charge on any atom is -0.506 e. The molecule has 17 heavy (non-hydrogen) atoms. The van der Waals surface area contributed by atoms with Crippen LogP contribution in [0, 0.1) is 5.92 Å². The van der Waals surface area contributed by atoms with E-state index in [1.807, 2.05) is 0 Å². The largest absolute Gasteiger partial charge is 0.506 e. The number of hydrogen-bond donors (Lipinski definition) is 1. The lowest BCUT2D eigenvalue weighted by Crippen LogP contribution is -2.17. The average molecular weight is 271 g/mol. The van der Waals surface area contributed by atoms with Crippen molar-refractivity contribution in [1.29, 1.82) is 0 Å². The maximum Gasteiger partial charge on any atom is 0.168 e. The van der Waals surface area contributed by atoms with Gasteiger partial charge < -0.3 is 5.11 Å². The van der Waals surface area contributed by atoms with E-state index < -0.39 is 0 Å². The highest BCUT2D eigenvalue weighted by Gasteiger charge is 2.43. The second kappa shape index (κ2) is 3.89. The first-order chi connectivity index (χ1) is 8.11. The summed E-state index contributed by atoms with van der Waals surface area (Å²) in [6, 6.07) is 1.62. The van der Waals surface area contributed by atoms with Gasteiger partial charge in [-0.1, -0.05) is 36.0 Å². The van der Waals surface area contributed by atoms with Crippen molar-refractivity contribution >= 4 is 29.0 Å². The van der Waals surface area contributed by atoms with Crippen LogP contribution in [-0.4, -0.2) is 10.9 Å². The molecule has 1 fully saturated rings. The summed E-state index contributed by atoms with van der Waals surface area (Å²) in [5.74, 6) is 0.368. The summed E-state index contributed by atoms with van der Waals surface area (Å²) < 4.78 is 0. The number of phenols is 1. The summed E-state index contributed by atoms with van der Waals surface area (Å²) in [7, 11) is 0. The van der Waals surface area contributed by atoms with Gasteiger partial charge in [0.15, 0.2) is 5.78 Å². The Balaban J connectivity index is 2.21. The molecule has 1 aromatic carbocycles. The van der Waals surface area contributed by atoms with Crippen LogP contribution in [0.5, 0.6) is 5.75 Å². The summed E-state index contributed by atoms with van der Waals surface area (Å²) in [6.07, 6.45) is 4.15. The molecule has 1 aromatic rings. The third-order valence-corrected chi connectivity index (χ3v) is 4.82. The fourth-order valence-electron chi connectivity index (χ4n) is 3.18. The van der Waals surface area contributed by atoms with Crippen LogP contribution in [0.25, 0.3) is 0 Å². The quantitative estimate of drug-likeness (QED) is 0.768. The zero-order valence-electron chi connectivity index (χ0n) is 9.17. The van der Waals surface area contributed by atoms with E-state index in [0.29, 0.717) is 5.56 Å². The van der Waals surface area contributed by atoms with Gasteiger partial charge in [0.2, 0.25) is 0 Å². The Morgan fingerprint density at radius 1 is 1.12 bits per heavy atom. The van der Waals surface area contributed by atoms with Gasteiger partial charge in [-0.05, 0) is 30.4 Å². The number of phenolic OH excluding ortho intramolecular Hbond substituents is 1. The summed E-state index contributed by atoms with van der Waals surface area (Å²) in [5.41, 5.74) is 1.44. The lowest BCUT2D eigenvalue weighted by atomic mass is 9.79. The highest BCUT2D eigenvalue weighted by atomic mass is 35.5. The van der Waals surface area contributed by atoms with E-state index in [9.17, 15) is 9.90 Å². The molecule has 4 heteroatoms. The Morgan fingerprint density at radius 2 is 1.76 bits per heavy atom. The zero-order valence-corrected chi connectivity index (χ0v) is 10.7. The number of carbonyl (C=O) groups is 1. The Bertz CT molecular complexity index is 511. The van der Waals surface area contributed by atoms with Crippen LogP contribution >= 0.6 is 23.2 Å². The Kier molecular flexibility index (Phi) is 2.60. The zero-order chi connectivity index (χ0) is 12.2. The maximum atomic E-state index is 12.3. The van der Waals surface area contributed by atoms with Crippen molar-refractivity contribution in [3.8, 4) is 5.75 Å². The monoisotopic (exact) mass is 270 g/mol. The van der Waals surface area contributed by atoms with Crippen LogP contribution in [0.2, 0.25) is 10.0 Å². The van der Waals surface area contributed by atoms with Gasteiger partial charge in [-0.15, -0.1) is 0 Å². The van der Waals surface area contributed by atoms with Gasteiger partial charge in [-0.2, -0.15) is 0 Å². The molecule has 0 aromatic heterocycles. The molecule has 3 rings (SSSR count). The van der Waals surface area contributed by atoms with Crippen molar-refractivity contribution in [3.63, 3.8) is 0 Å². The lowest BCUT2D eigenvalue weighted by molar-refractivity contribution is 0.0898. The van der Waals surface area contributed by atoms with Gasteiger partial charge >= 0.3 is 0 Å². The predicted molar refractivity (Wildman–Crippen MR) is 67.2 cm³/mol. The highest BCUT2D eigenvalue weighted by molar-refractivity contribution is 6.45. The molecule has 0 amide bonds. The second-order valence-electron chi connectivity index (χ2n) is 4.85. The second-order valence-corrected chi connectivity index (χ2v) is 5.61. The minimum absolute atomic E-state index is 0.0190. The average Bonchev–Trinajstić information content (AvgIpc) is 2.61. The molecule has 0 aliphatic heterocycles. The number of rotatable bonds is 0. The van der Waals surface area contributed by atoms with Gasteiger partial charge in [0, 0.05) is 11.5 Å². The molecule has 1 saturated carbocycles. The summed E-state index contributed by atoms with van der Waals surface area (Å²) in [6.45, 7) is 0. The van der Waals surface area contributed by atoms with Crippen LogP contribution in [0.15, 0.2) is 6.07 Å². The van der Waals surface area contributed by atoms with Crippen LogP contribution in [0.3, 0.4) is 0 Å². The van der Waals surface area contributed by atoms with E-state index in [4.69, 9.17) is 23.2 Å². The van der Waals surface area contributed by atoms with E-state index in [-0.39, 0.29) is 33.4 Å². The number of halogens is 2. The number of hydrogen-bond acceptors (Lipinski definition) is 2. The molecule has 90 valence electrons. The van der Waals surface area contributed by atoms with E-state index in [1.54, 1.807) is 6.07 Å². The highest BCUT2D eigenvalue weighted by Crippen LogP contribution is 2.51. The third-order valence-electron chi connectivity index (χ3n) is 3.97. The molecular weight excluding hydrogens is 259 g/mol. The number of benzene rings is 1. The number of fused-ring (bicyclic) bond motifs is 3. The summed E-state index contributed by atoms with van der Waals surface area (Å²) in [5, 5.41) is 10.0. The minimum atomic E-state index is -0.0190. The molecular formula is C13H12Cl2O2. The van der Waals surface area contributed by atoms with Crippen LogP contribution < -0.4 is 0 Å². The van der Waals surface area contributed by atoms with E-state index in [2.05, 4.69) is 0 Å². The van der Waals surface area contributed by atoms with Gasteiger partial charge in [-0.3, -0.25) is 4.79 Å². The molecule has 0 bridgehead atoms. The van der Waals surface area contributed by atoms with Gasteiger partial charge in [-0.25, -0.2) is 0 Å². The van der Waals surface area contributed by atoms with Crippen molar-refractivity contribution in [2.24, 2.45) is 5.92 Å². The molecule has 1 N–H and O–H groups in total. The Labute approximate surface area is 110 Å². The van der Waals surface area contributed by atoms with E-state index in [1.165, 1.54) is 0 Å². The predicted octanol–water partition coefficient (Wildman–Crippen LogP) is 4.17. The number of Topliss-reactive ketones (excluding diaryl/α,β-unsaturated/α-hetero) is 1. The lowest BCUT2D eigenvalue weighted by Gasteiger charge is -2.24. The van der Waals surface area contributed by atoms with E-state index >= 15 is 0 Å². The molecule has 2 aliphatic rings. The van der Waals surface area contributed by atoms with E-state index in [0.717, 1.165) is 31.2 Å². The van der Waals surface area contributed by atoms with Gasteiger partial charge in [0.1, 0.15) is 10.8 Å². The van der Waals surface area contributed by atoms with Crippen molar-refractivity contribution in [3.05, 3.63) is 27.2 Å². The molecule has 2 aliphatic carbocycles. The van der Waals surface area contributed by atoms with Crippen molar-refractivity contribution < 1.29 is 9.90 Å². The van der Waals surface area contributed by atoms with Crippen LogP contribution in [-0.2, 0) is 0 Å². The summed E-state index contributed by atoms with van der Waals surface area (Å²) >= 11 is 12.0. The first kappa shape index (κ1) is 11.4. The standard InChI is InChI=1S/C13H12Cl2O2/c14-11-9(16)5-8-6-3-1-2-4-7(6)13(17)10(8)12(11)15/h5-7,16H,1-4H2/t6-,7-/m1/s1. The Hall–Kier alpha value is -0.730. The van der Waals surface area contributed by atoms with Crippen molar-refractivity contribution in [2.75, 3.05) is 0 Å². The van der Waals surface area contributed by atoms with Gasteiger partial charge in [0.25, 0.3) is 0 Å².